The van der Waals surface area contributed by atoms with Gasteiger partial charge in [0.05, 0.1) is 25.4 Å². The van der Waals surface area contributed by atoms with E-state index in [-0.39, 0.29) is 6.10 Å². The highest BCUT2D eigenvalue weighted by molar-refractivity contribution is 9.09. The minimum Gasteiger partial charge on any atom is -0.490 e. The second kappa shape index (κ2) is 6.38. The molecule has 0 amide bonds. The van der Waals surface area contributed by atoms with Crippen molar-refractivity contribution < 1.29 is 9.47 Å². The second-order valence-corrected chi connectivity index (χ2v) is 5.02. The maximum Gasteiger partial charge on any atom is 0.171 e. The topological polar surface area (TPSA) is 34.6 Å². The van der Waals surface area contributed by atoms with Gasteiger partial charge in [0, 0.05) is 18.1 Å². The van der Waals surface area contributed by atoms with E-state index in [4.69, 9.17) is 9.47 Å². The van der Waals surface area contributed by atoms with Crippen molar-refractivity contribution in [2.45, 2.75) is 26.0 Å². The van der Waals surface area contributed by atoms with Gasteiger partial charge in [-0.05, 0) is 26.0 Å². The lowest BCUT2D eigenvalue weighted by molar-refractivity contribution is 0.0374. The van der Waals surface area contributed by atoms with Gasteiger partial charge in [-0.25, -0.2) is 4.98 Å². The Morgan fingerprint density at radius 2 is 2.44 bits per heavy atom. The summed E-state index contributed by atoms with van der Waals surface area (Å²) < 4.78 is 11.4. The highest BCUT2D eigenvalue weighted by Gasteiger charge is 2.28. The molecule has 4 nitrogen and oxygen atoms in total. The van der Waals surface area contributed by atoms with Crippen LogP contribution in [-0.4, -0.2) is 42.2 Å². The van der Waals surface area contributed by atoms with E-state index in [0.29, 0.717) is 12.6 Å². The van der Waals surface area contributed by atoms with E-state index in [1.807, 2.05) is 25.3 Å². The van der Waals surface area contributed by atoms with Gasteiger partial charge in [0.25, 0.3) is 0 Å². The summed E-state index contributed by atoms with van der Waals surface area (Å²) in [5, 5.41) is 0.840. The van der Waals surface area contributed by atoms with Crippen molar-refractivity contribution in [2.75, 3.05) is 30.0 Å². The van der Waals surface area contributed by atoms with Gasteiger partial charge in [-0.2, -0.15) is 0 Å². The molecule has 5 heteroatoms. The zero-order valence-electron chi connectivity index (χ0n) is 10.8. The van der Waals surface area contributed by atoms with Crippen LogP contribution in [0.1, 0.15) is 13.8 Å². The van der Waals surface area contributed by atoms with Crippen LogP contribution in [0.15, 0.2) is 18.3 Å². The molecule has 0 radical (unpaired) electrons. The smallest absolute Gasteiger partial charge is 0.171 e. The van der Waals surface area contributed by atoms with Gasteiger partial charge in [-0.3, -0.25) is 0 Å². The van der Waals surface area contributed by atoms with Crippen LogP contribution in [0, 0.1) is 0 Å². The largest absolute Gasteiger partial charge is 0.490 e. The molecule has 2 rings (SSSR count). The number of rotatable bonds is 4. The van der Waals surface area contributed by atoms with E-state index in [9.17, 15) is 0 Å². The van der Waals surface area contributed by atoms with Crippen molar-refractivity contribution in [3.63, 3.8) is 0 Å². The molecule has 1 aromatic heterocycles. The molecule has 1 aliphatic heterocycles. The van der Waals surface area contributed by atoms with Gasteiger partial charge < -0.3 is 14.4 Å². The van der Waals surface area contributed by atoms with Gasteiger partial charge in [-0.1, -0.05) is 15.9 Å². The molecule has 1 fully saturated rings. The van der Waals surface area contributed by atoms with Gasteiger partial charge >= 0.3 is 0 Å². The van der Waals surface area contributed by atoms with E-state index in [1.165, 1.54) is 0 Å². The number of ether oxygens (including phenoxy) is 2. The third kappa shape index (κ3) is 2.95. The lowest BCUT2D eigenvalue weighted by atomic mass is 10.2. The minimum absolute atomic E-state index is 0.206. The molecule has 2 unspecified atom stereocenters. The summed E-state index contributed by atoms with van der Waals surface area (Å²) in [5.74, 6) is 1.77. The highest BCUT2D eigenvalue weighted by atomic mass is 79.9. The first-order valence-corrected chi connectivity index (χ1v) is 7.40. The van der Waals surface area contributed by atoms with Gasteiger partial charge in [0.1, 0.15) is 0 Å². The molecule has 0 bridgehead atoms. The normalized spacial score (nSPS) is 24.1. The van der Waals surface area contributed by atoms with Crippen LogP contribution in [0.3, 0.4) is 0 Å². The number of hydrogen-bond acceptors (Lipinski definition) is 4. The first-order chi connectivity index (χ1) is 8.76. The maximum atomic E-state index is 5.73. The van der Waals surface area contributed by atoms with Crippen LogP contribution in [-0.2, 0) is 4.74 Å². The van der Waals surface area contributed by atoms with Crippen LogP contribution in [0.5, 0.6) is 5.75 Å². The van der Waals surface area contributed by atoms with Crippen LogP contribution in [0.4, 0.5) is 5.82 Å². The lowest BCUT2D eigenvalue weighted by Gasteiger charge is -2.38. The van der Waals surface area contributed by atoms with Crippen molar-refractivity contribution >= 4 is 21.7 Å². The van der Waals surface area contributed by atoms with Gasteiger partial charge in [0.15, 0.2) is 11.6 Å². The maximum absolute atomic E-state index is 5.73. The Morgan fingerprint density at radius 3 is 3.17 bits per heavy atom. The molecule has 0 aliphatic carbocycles. The molecule has 1 aromatic rings. The van der Waals surface area contributed by atoms with E-state index in [1.54, 1.807) is 0 Å². The first-order valence-electron chi connectivity index (χ1n) is 6.28. The predicted molar refractivity (Wildman–Crippen MR) is 75.7 cm³/mol. The molecule has 0 spiro atoms. The van der Waals surface area contributed by atoms with E-state index >= 15 is 0 Å². The molecule has 0 aromatic carbocycles. The number of halogens is 1. The molecule has 100 valence electrons. The summed E-state index contributed by atoms with van der Waals surface area (Å²) in [6, 6.07) is 4.19. The second-order valence-electron chi connectivity index (χ2n) is 4.37. The van der Waals surface area contributed by atoms with Crippen molar-refractivity contribution in [3.05, 3.63) is 18.3 Å². The van der Waals surface area contributed by atoms with E-state index in [2.05, 4.69) is 32.7 Å². The van der Waals surface area contributed by atoms with Crippen molar-refractivity contribution in [1.29, 1.82) is 0 Å². The summed E-state index contributed by atoms with van der Waals surface area (Å²) in [6.45, 7) is 6.34. The molecule has 1 saturated heterocycles. The van der Waals surface area contributed by atoms with Gasteiger partial charge in [0.2, 0.25) is 0 Å². The minimum atomic E-state index is 0.206. The van der Waals surface area contributed by atoms with Crippen molar-refractivity contribution in [1.82, 2.24) is 4.98 Å². The van der Waals surface area contributed by atoms with Crippen LogP contribution >= 0.6 is 15.9 Å². The van der Waals surface area contributed by atoms with Crippen molar-refractivity contribution in [2.24, 2.45) is 0 Å². The monoisotopic (exact) mass is 314 g/mol. The number of morpholine rings is 1. The Hall–Kier alpha value is -0.810. The summed E-state index contributed by atoms with van der Waals surface area (Å²) in [7, 11) is 0. The number of pyridine rings is 1. The fourth-order valence-electron chi connectivity index (χ4n) is 2.07. The Morgan fingerprint density at radius 1 is 1.61 bits per heavy atom. The highest BCUT2D eigenvalue weighted by Crippen LogP contribution is 2.29. The van der Waals surface area contributed by atoms with Crippen LogP contribution in [0.25, 0.3) is 0 Å². The number of aromatic nitrogens is 1. The average molecular weight is 315 g/mol. The zero-order chi connectivity index (χ0) is 13.0. The standard InChI is InChI=1S/C13H19BrN2O2/c1-3-17-12-5-4-6-15-13(12)16-8-11(7-14)18-9-10(16)2/h4-6,10-11H,3,7-9H2,1-2H3. The molecule has 1 aliphatic rings. The summed E-state index contributed by atoms with van der Waals surface area (Å²) in [5.41, 5.74) is 0. The number of anilines is 1. The zero-order valence-corrected chi connectivity index (χ0v) is 12.4. The molecule has 18 heavy (non-hydrogen) atoms. The van der Waals surface area contributed by atoms with Crippen LogP contribution < -0.4 is 9.64 Å². The Labute approximate surface area is 116 Å². The number of alkyl halides is 1. The third-order valence-electron chi connectivity index (χ3n) is 3.00. The quantitative estimate of drug-likeness (QED) is 0.800. The number of hydrogen-bond donors (Lipinski definition) is 0. The average Bonchev–Trinajstić information content (AvgIpc) is 2.41. The van der Waals surface area contributed by atoms with E-state index in [0.717, 1.165) is 30.0 Å². The summed E-state index contributed by atoms with van der Waals surface area (Å²) in [4.78, 5) is 6.73. The molecule has 2 heterocycles. The predicted octanol–water partition coefficient (Wildman–Crippen LogP) is 2.47. The third-order valence-corrected chi connectivity index (χ3v) is 3.72. The molecular weight excluding hydrogens is 296 g/mol. The SMILES string of the molecule is CCOc1cccnc1N1CC(CBr)OCC1C. The Bertz CT molecular complexity index is 389. The van der Waals surface area contributed by atoms with Crippen LogP contribution in [0.2, 0.25) is 0 Å². The first kappa shape index (κ1) is 13.6. The Balaban J connectivity index is 2.22. The van der Waals surface area contributed by atoms with Crippen molar-refractivity contribution in [3.8, 4) is 5.75 Å². The summed E-state index contributed by atoms with van der Waals surface area (Å²) >= 11 is 3.48. The van der Waals surface area contributed by atoms with E-state index < -0.39 is 0 Å². The lowest BCUT2D eigenvalue weighted by Crippen LogP contribution is -2.49. The molecule has 0 saturated carbocycles. The molecular formula is C13H19BrN2O2. The number of nitrogens with zero attached hydrogens (tertiary/aromatic N) is 2. The Kier molecular flexibility index (Phi) is 4.83. The summed E-state index contributed by atoms with van der Waals surface area (Å²) in [6.07, 6.45) is 2.01. The fourth-order valence-corrected chi connectivity index (χ4v) is 2.46. The molecule has 0 N–H and O–H groups in total. The molecule has 2 atom stereocenters. The van der Waals surface area contributed by atoms with Gasteiger partial charge in [-0.15, -0.1) is 0 Å². The fraction of sp³-hybridized carbons (Fsp3) is 0.615.